The van der Waals surface area contributed by atoms with Crippen LogP contribution in [-0.4, -0.2) is 35.1 Å². The number of hydrogen-bond donors (Lipinski definition) is 1. The van der Waals surface area contributed by atoms with E-state index in [0.717, 1.165) is 36.1 Å². The number of nitrogens with zero attached hydrogens (tertiary/aromatic N) is 1. The van der Waals surface area contributed by atoms with Crippen molar-refractivity contribution >= 4 is 5.91 Å². The van der Waals surface area contributed by atoms with Gasteiger partial charge in [-0.2, -0.15) is 0 Å². The average Bonchev–Trinajstić information content (AvgIpc) is 2.86. The number of aliphatic hydroxyl groups excluding tert-OH is 1. The van der Waals surface area contributed by atoms with E-state index in [9.17, 15) is 4.79 Å². The van der Waals surface area contributed by atoms with Crippen molar-refractivity contribution < 1.29 is 9.90 Å². The molecule has 0 saturated carbocycles. The maximum absolute atomic E-state index is 12.6. The standard InChI is InChI=1S/C17H21NO2/c1-13-8-9-15(7-3-4-11-19)12-16(13)17(20)18-10-5-6-14(18)2/h8-9,12,14,19H,4-6,10-11H2,1-2H3. The molecule has 1 aliphatic heterocycles. The molecule has 1 fully saturated rings. The number of hydrogen-bond acceptors (Lipinski definition) is 2. The Hall–Kier alpha value is -1.79. The second-order valence-electron chi connectivity index (χ2n) is 5.29. The Morgan fingerprint density at radius 2 is 2.30 bits per heavy atom. The fourth-order valence-electron chi connectivity index (χ4n) is 2.54. The van der Waals surface area contributed by atoms with E-state index in [4.69, 9.17) is 5.11 Å². The lowest BCUT2D eigenvalue weighted by Gasteiger charge is -2.22. The van der Waals surface area contributed by atoms with Gasteiger partial charge in [0.1, 0.15) is 0 Å². The predicted octanol–water partition coefficient (Wildman–Crippen LogP) is 2.35. The molecule has 106 valence electrons. The molecule has 1 N–H and O–H groups in total. The Kier molecular flexibility index (Phi) is 4.81. The van der Waals surface area contributed by atoms with Gasteiger partial charge in [0.15, 0.2) is 0 Å². The van der Waals surface area contributed by atoms with Crippen molar-refractivity contribution in [3.05, 3.63) is 34.9 Å². The highest BCUT2D eigenvalue weighted by molar-refractivity contribution is 5.96. The molecule has 1 unspecified atom stereocenters. The quantitative estimate of drug-likeness (QED) is 0.839. The van der Waals surface area contributed by atoms with Gasteiger partial charge in [0.2, 0.25) is 0 Å². The zero-order chi connectivity index (χ0) is 14.5. The maximum Gasteiger partial charge on any atom is 0.254 e. The number of aliphatic hydroxyl groups is 1. The first-order valence-electron chi connectivity index (χ1n) is 7.15. The van der Waals surface area contributed by atoms with Crippen LogP contribution in [0, 0.1) is 18.8 Å². The SMILES string of the molecule is Cc1ccc(C#CCCO)cc1C(=O)N1CCCC1C. The van der Waals surface area contributed by atoms with E-state index in [0.29, 0.717) is 12.5 Å². The van der Waals surface area contributed by atoms with Crippen molar-refractivity contribution in [2.24, 2.45) is 0 Å². The Morgan fingerprint density at radius 3 is 2.95 bits per heavy atom. The van der Waals surface area contributed by atoms with E-state index in [1.807, 2.05) is 30.0 Å². The van der Waals surface area contributed by atoms with Gasteiger partial charge in [0.05, 0.1) is 6.61 Å². The molecular formula is C17H21NO2. The molecule has 3 nitrogen and oxygen atoms in total. The van der Waals surface area contributed by atoms with Gasteiger partial charge in [-0.3, -0.25) is 4.79 Å². The van der Waals surface area contributed by atoms with Gasteiger partial charge in [-0.15, -0.1) is 0 Å². The summed E-state index contributed by atoms with van der Waals surface area (Å²) in [6, 6.07) is 6.06. The van der Waals surface area contributed by atoms with E-state index in [-0.39, 0.29) is 12.5 Å². The summed E-state index contributed by atoms with van der Waals surface area (Å²) in [5, 5.41) is 8.74. The summed E-state index contributed by atoms with van der Waals surface area (Å²) in [5.41, 5.74) is 2.57. The molecule has 1 aliphatic rings. The van der Waals surface area contributed by atoms with Crippen LogP contribution < -0.4 is 0 Å². The molecule has 0 aliphatic carbocycles. The molecule has 1 aromatic carbocycles. The molecule has 0 radical (unpaired) electrons. The third-order valence-corrected chi connectivity index (χ3v) is 3.75. The van der Waals surface area contributed by atoms with Crippen LogP contribution in [0.4, 0.5) is 0 Å². The van der Waals surface area contributed by atoms with Gasteiger partial charge < -0.3 is 10.0 Å². The molecule has 1 atom stereocenters. The topological polar surface area (TPSA) is 40.5 Å². The molecule has 1 saturated heterocycles. The molecule has 1 amide bonds. The summed E-state index contributed by atoms with van der Waals surface area (Å²) in [4.78, 5) is 14.5. The molecule has 3 heteroatoms. The van der Waals surface area contributed by atoms with Crippen LogP contribution in [0.2, 0.25) is 0 Å². The van der Waals surface area contributed by atoms with Gasteiger partial charge in [-0.25, -0.2) is 0 Å². The van der Waals surface area contributed by atoms with Crippen molar-refractivity contribution in [2.45, 2.75) is 39.2 Å². The van der Waals surface area contributed by atoms with Crippen LogP contribution in [-0.2, 0) is 0 Å². The van der Waals surface area contributed by atoms with E-state index in [2.05, 4.69) is 18.8 Å². The highest BCUT2D eigenvalue weighted by Gasteiger charge is 2.26. The summed E-state index contributed by atoms with van der Waals surface area (Å²) in [7, 11) is 0. The van der Waals surface area contributed by atoms with Crippen molar-refractivity contribution in [3.8, 4) is 11.8 Å². The molecule has 20 heavy (non-hydrogen) atoms. The van der Waals surface area contributed by atoms with Crippen molar-refractivity contribution in [3.63, 3.8) is 0 Å². The lowest BCUT2D eigenvalue weighted by atomic mass is 10.0. The maximum atomic E-state index is 12.6. The summed E-state index contributed by atoms with van der Waals surface area (Å²) in [5.74, 6) is 5.99. The van der Waals surface area contributed by atoms with E-state index < -0.39 is 0 Å². The summed E-state index contributed by atoms with van der Waals surface area (Å²) >= 11 is 0. The third-order valence-electron chi connectivity index (χ3n) is 3.75. The van der Waals surface area contributed by atoms with Crippen LogP contribution in [0.5, 0.6) is 0 Å². The van der Waals surface area contributed by atoms with Gasteiger partial charge >= 0.3 is 0 Å². The van der Waals surface area contributed by atoms with Crippen LogP contribution in [0.15, 0.2) is 18.2 Å². The molecule has 2 rings (SSSR count). The zero-order valence-corrected chi connectivity index (χ0v) is 12.1. The number of benzene rings is 1. The largest absolute Gasteiger partial charge is 0.395 e. The minimum absolute atomic E-state index is 0.0654. The van der Waals surface area contributed by atoms with Crippen LogP contribution >= 0.6 is 0 Å². The van der Waals surface area contributed by atoms with E-state index >= 15 is 0 Å². The number of carbonyl (C=O) groups excluding carboxylic acids is 1. The fraction of sp³-hybridized carbons (Fsp3) is 0.471. The molecule has 0 bridgehead atoms. The Balaban J connectivity index is 2.24. The molecular weight excluding hydrogens is 250 g/mol. The van der Waals surface area contributed by atoms with Crippen LogP contribution in [0.1, 0.15) is 47.7 Å². The normalized spacial score (nSPS) is 17.8. The minimum atomic E-state index is 0.0654. The second-order valence-corrected chi connectivity index (χ2v) is 5.29. The Bertz CT molecular complexity index is 554. The second kappa shape index (κ2) is 6.58. The van der Waals surface area contributed by atoms with Gasteiger partial charge in [0, 0.05) is 30.1 Å². The monoisotopic (exact) mass is 271 g/mol. The minimum Gasteiger partial charge on any atom is -0.395 e. The summed E-state index contributed by atoms with van der Waals surface area (Å²) < 4.78 is 0. The summed E-state index contributed by atoms with van der Waals surface area (Å²) in [6.07, 6.45) is 2.63. The first-order valence-corrected chi connectivity index (χ1v) is 7.15. The molecule has 1 heterocycles. The fourth-order valence-corrected chi connectivity index (χ4v) is 2.54. The molecule has 0 aromatic heterocycles. The Morgan fingerprint density at radius 1 is 1.50 bits per heavy atom. The Labute approximate surface area is 120 Å². The van der Waals surface area contributed by atoms with Gasteiger partial charge in [-0.1, -0.05) is 17.9 Å². The van der Waals surface area contributed by atoms with Crippen LogP contribution in [0.25, 0.3) is 0 Å². The molecule has 1 aromatic rings. The highest BCUT2D eigenvalue weighted by Crippen LogP contribution is 2.21. The van der Waals surface area contributed by atoms with Crippen molar-refractivity contribution in [1.82, 2.24) is 4.90 Å². The van der Waals surface area contributed by atoms with E-state index in [1.54, 1.807) is 0 Å². The smallest absolute Gasteiger partial charge is 0.254 e. The van der Waals surface area contributed by atoms with Gasteiger partial charge in [-0.05, 0) is 44.4 Å². The van der Waals surface area contributed by atoms with E-state index in [1.165, 1.54) is 0 Å². The van der Waals surface area contributed by atoms with Crippen molar-refractivity contribution in [2.75, 3.05) is 13.2 Å². The van der Waals surface area contributed by atoms with Crippen molar-refractivity contribution in [1.29, 1.82) is 0 Å². The third kappa shape index (κ3) is 3.20. The van der Waals surface area contributed by atoms with Gasteiger partial charge in [0.25, 0.3) is 5.91 Å². The predicted molar refractivity (Wildman–Crippen MR) is 79.5 cm³/mol. The number of likely N-dealkylation sites (tertiary alicyclic amines) is 1. The number of carbonyl (C=O) groups is 1. The highest BCUT2D eigenvalue weighted by atomic mass is 16.2. The number of amides is 1. The lowest BCUT2D eigenvalue weighted by Crippen LogP contribution is -2.34. The number of rotatable bonds is 2. The molecule has 0 spiro atoms. The first kappa shape index (κ1) is 14.6. The number of aryl methyl sites for hydroxylation is 1. The summed E-state index contributed by atoms with van der Waals surface area (Å²) in [6.45, 7) is 4.97. The van der Waals surface area contributed by atoms with Crippen LogP contribution in [0.3, 0.4) is 0 Å². The zero-order valence-electron chi connectivity index (χ0n) is 12.1. The first-order chi connectivity index (χ1) is 9.63. The lowest BCUT2D eigenvalue weighted by molar-refractivity contribution is 0.0746. The average molecular weight is 271 g/mol.